The molecule has 0 saturated carbocycles. The number of alkyl halides is 3. The number of aromatic nitrogens is 2. The van der Waals surface area contributed by atoms with Gasteiger partial charge in [-0.15, -0.1) is 0 Å². The van der Waals surface area contributed by atoms with Crippen molar-refractivity contribution >= 4 is 11.7 Å². The molecule has 10 heteroatoms. The lowest BCUT2D eigenvalue weighted by molar-refractivity contribution is -0.173. The number of hydrogen-bond acceptors (Lipinski definition) is 5. The molecule has 4 rings (SSSR count). The van der Waals surface area contributed by atoms with E-state index in [1.165, 1.54) is 20.3 Å². The van der Waals surface area contributed by atoms with E-state index in [2.05, 4.69) is 17.3 Å². The van der Waals surface area contributed by atoms with Gasteiger partial charge in [0.25, 0.3) is 5.91 Å². The van der Waals surface area contributed by atoms with Crippen LogP contribution in [0, 0.1) is 5.92 Å². The average molecular weight is 467 g/mol. The largest absolute Gasteiger partial charge is 0.493 e. The van der Waals surface area contributed by atoms with E-state index in [0.717, 1.165) is 17.5 Å². The summed E-state index contributed by atoms with van der Waals surface area (Å²) < 4.78 is 53.5. The maximum Gasteiger partial charge on any atom is 0.410 e. The molecule has 1 amide bonds. The van der Waals surface area contributed by atoms with Crippen LogP contribution in [0.1, 0.15) is 61.2 Å². The van der Waals surface area contributed by atoms with Crippen molar-refractivity contribution in [2.45, 2.75) is 57.4 Å². The van der Waals surface area contributed by atoms with Gasteiger partial charge in [-0.05, 0) is 43.4 Å². The number of piperidine rings is 1. The minimum atomic E-state index is -4.52. The van der Waals surface area contributed by atoms with Crippen LogP contribution < -0.4 is 14.8 Å². The maximum absolute atomic E-state index is 14.0. The molecule has 2 aromatic rings. The highest BCUT2D eigenvalue weighted by Crippen LogP contribution is 2.44. The van der Waals surface area contributed by atoms with E-state index in [1.807, 2.05) is 6.92 Å². The molecule has 1 fully saturated rings. The minimum Gasteiger partial charge on any atom is -0.493 e. The molecule has 2 aliphatic rings. The summed E-state index contributed by atoms with van der Waals surface area (Å²) >= 11 is 0. The van der Waals surface area contributed by atoms with Crippen LogP contribution in [0.15, 0.2) is 24.3 Å². The Morgan fingerprint density at radius 1 is 1.12 bits per heavy atom. The third kappa shape index (κ3) is 4.47. The Morgan fingerprint density at radius 3 is 2.52 bits per heavy atom. The van der Waals surface area contributed by atoms with Gasteiger partial charge < -0.3 is 19.7 Å². The zero-order valence-electron chi connectivity index (χ0n) is 19.1. The first kappa shape index (κ1) is 23.3. The van der Waals surface area contributed by atoms with Crippen LogP contribution in [0.2, 0.25) is 0 Å². The van der Waals surface area contributed by atoms with Gasteiger partial charge in [-0.2, -0.15) is 18.3 Å². The Bertz CT molecular complexity index is 1020. The van der Waals surface area contributed by atoms with Gasteiger partial charge in [0.05, 0.1) is 20.3 Å². The van der Waals surface area contributed by atoms with Crippen molar-refractivity contribution in [3.05, 3.63) is 35.5 Å². The third-order valence-electron chi connectivity index (χ3n) is 6.60. The number of hydrogen-bond donors (Lipinski definition) is 1. The molecule has 0 bridgehead atoms. The topological polar surface area (TPSA) is 68.6 Å². The molecule has 3 heterocycles. The van der Waals surface area contributed by atoms with Crippen molar-refractivity contribution < 1.29 is 27.4 Å². The number of halogens is 3. The van der Waals surface area contributed by atoms with E-state index in [1.54, 1.807) is 23.1 Å². The van der Waals surface area contributed by atoms with Crippen molar-refractivity contribution in [3.63, 3.8) is 0 Å². The molecule has 0 aliphatic carbocycles. The number of carbonyl (C=O) groups is 1. The summed E-state index contributed by atoms with van der Waals surface area (Å²) in [6, 6.07) is 4.00. The lowest BCUT2D eigenvalue weighted by Gasteiger charge is -2.36. The number of carbonyl (C=O) groups excluding carboxylic acids is 1. The Hall–Kier alpha value is -2.91. The van der Waals surface area contributed by atoms with Gasteiger partial charge in [0, 0.05) is 25.1 Å². The Balaban J connectivity index is 1.67. The number of benzene rings is 1. The highest BCUT2D eigenvalue weighted by molar-refractivity contribution is 5.93. The highest BCUT2D eigenvalue weighted by Gasteiger charge is 2.47. The quantitative estimate of drug-likeness (QED) is 0.700. The molecule has 0 radical (unpaired) electrons. The monoisotopic (exact) mass is 466 g/mol. The number of methoxy groups -OCH3 is 2. The molecule has 1 aromatic heterocycles. The molecule has 1 saturated heterocycles. The molecular weight excluding hydrogens is 437 g/mol. The second-order valence-corrected chi connectivity index (χ2v) is 8.95. The Morgan fingerprint density at radius 2 is 1.85 bits per heavy atom. The second-order valence-electron chi connectivity index (χ2n) is 8.95. The first-order chi connectivity index (χ1) is 15.6. The molecule has 0 spiro atoms. The van der Waals surface area contributed by atoms with Crippen LogP contribution in [0.25, 0.3) is 0 Å². The molecule has 1 N–H and O–H groups in total. The molecule has 180 valence electrons. The van der Waals surface area contributed by atoms with E-state index in [0.29, 0.717) is 29.5 Å². The van der Waals surface area contributed by atoms with E-state index >= 15 is 0 Å². The molecule has 2 aliphatic heterocycles. The number of anilines is 1. The van der Waals surface area contributed by atoms with Crippen molar-refractivity contribution in [2.24, 2.45) is 5.92 Å². The maximum atomic E-state index is 14.0. The Kier molecular flexibility index (Phi) is 6.20. The molecule has 33 heavy (non-hydrogen) atoms. The number of rotatable bonds is 4. The van der Waals surface area contributed by atoms with E-state index in [-0.39, 0.29) is 29.9 Å². The Labute approximate surface area is 190 Å². The van der Waals surface area contributed by atoms with Crippen molar-refractivity contribution in [1.82, 2.24) is 14.7 Å². The van der Waals surface area contributed by atoms with Crippen LogP contribution in [0.3, 0.4) is 0 Å². The molecule has 4 atom stereocenters. The SMILES string of the molecule is COc1ccc([C@@H]2C[C@H](C(F)(F)F)n3nc(C(=O)N4C[C@H](C)CC[C@H]4C)cc3N2)cc1OC. The van der Waals surface area contributed by atoms with Gasteiger partial charge in [-0.25, -0.2) is 4.68 Å². The summed E-state index contributed by atoms with van der Waals surface area (Å²) in [6.07, 6.45) is -2.90. The van der Waals surface area contributed by atoms with Gasteiger partial charge >= 0.3 is 6.18 Å². The van der Waals surface area contributed by atoms with Crippen LogP contribution in [0.5, 0.6) is 11.5 Å². The molecule has 1 aromatic carbocycles. The van der Waals surface area contributed by atoms with Crippen LogP contribution in [-0.4, -0.2) is 53.6 Å². The average Bonchev–Trinajstić information content (AvgIpc) is 3.22. The smallest absolute Gasteiger partial charge is 0.410 e. The van der Waals surface area contributed by atoms with Gasteiger partial charge in [-0.1, -0.05) is 13.0 Å². The fourth-order valence-corrected chi connectivity index (χ4v) is 4.68. The number of ether oxygens (including phenoxy) is 2. The van der Waals surface area contributed by atoms with Crippen molar-refractivity contribution in [1.29, 1.82) is 0 Å². The number of nitrogens with one attached hydrogen (secondary N) is 1. The fourth-order valence-electron chi connectivity index (χ4n) is 4.68. The predicted octanol–water partition coefficient (Wildman–Crippen LogP) is 4.82. The summed E-state index contributed by atoms with van der Waals surface area (Å²) in [4.78, 5) is 14.9. The van der Waals surface area contributed by atoms with Crippen LogP contribution in [-0.2, 0) is 0 Å². The number of fused-ring (bicyclic) bond motifs is 1. The molecule has 7 nitrogen and oxygen atoms in total. The van der Waals surface area contributed by atoms with Crippen LogP contribution >= 0.6 is 0 Å². The highest BCUT2D eigenvalue weighted by atomic mass is 19.4. The zero-order valence-corrected chi connectivity index (χ0v) is 19.1. The number of likely N-dealkylation sites (tertiary alicyclic amines) is 1. The summed E-state index contributed by atoms with van der Waals surface area (Å²) in [7, 11) is 2.97. The first-order valence-corrected chi connectivity index (χ1v) is 11.1. The fraction of sp³-hybridized carbons (Fsp3) is 0.565. The normalized spacial score (nSPS) is 25.2. The predicted molar refractivity (Wildman–Crippen MR) is 117 cm³/mol. The lowest BCUT2D eigenvalue weighted by Crippen LogP contribution is -2.45. The minimum absolute atomic E-state index is 0.0262. The van der Waals surface area contributed by atoms with Gasteiger partial charge in [0.15, 0.2) is 23.2 Å². The second kappa shape index (κ2) is 8.79. The number of amides is 1. The standard InChI is InChI=1S/C23H29F3N4O3/c1-13-5-6-14(2)29(12-13)22(31)17-11-21-27-16(10-20(23(24,25)26)30(21)28-17)15-7-8-18(32-3)19(9-15)33-4/h7-9,11,13-14,16,20,27H,5-6,10,12H2,1-4H3/t13-,14-,16+,20-/m1/s1. The van der Waals surface area contributed by atoms with Crippen molar-refractivity contribution in [2.75, 3.05) is 26.1 Å². The summed E-state index contributed by atoms with van der Waals surface area (Å²) in [5.41, 5.74) is 0.654. The third-order valence-corrected chi connectivity index (χ3v) is 6.60. The molecule has 0 unspecified atom stereocenters. The van der Waals surface area contributed by atoms with Crippen LogP contribution in [0.4, 0.5) is 19.0 Å². The van der Waals surface area contributed by atoms with Gasteiger partial charge in [-0.3, -0.25) is 4.79 Å². The first-order valence-electron chi connectivity index (χ1n) is 11.1. The summed E-state index contributed by atoms with van der Waals surface area (Å²) in [5.74, 6) is 1.11. The summed E-state index contributed by atoms with van der Waals surface area (Å²) in [6.45, 7) is 4.61. The van der Waals surface area contributed by atoms with Crippen molar-refractivity contribution in [3.8, 4) is 11.5 Å². The lowest BCUT2D eigenvalue weighted by atomic mass is 9.95. The van der Waals surface area contributed by atoms with Gasteiger partial charge in [0.1, 0.15) is 5.82 Å². The number of nitrogens with zero attached hydrogens (tertiary/aromatic N) is 3. The van der Waals surface area contributed by atoms with E-state index in [4.69, 9.17) is 9.47 Å². The zero-order chi connectivity index (χ0) is 23.9. The van der Waals surface area contributed by atoms with E-state index < -0.39 is 18.3 Å². The van der Waals surface area contributed by atoms with E-state index in [9.17, 15) is 18.0 Å². The van der Waals surface area contributed by atoms with Gasteiger partial charge in [0.2, 0.25) is 0 Å². The molecular formula is C23H29F3N4O3. The summed E-state index contributed by atoms with van der Waals surface area (Å²) in [5, 5.41) is 7.26.